The Morgan fingerprint density at radius 2 is 2.53 bits per heavy atom. The normalized spacial score (nSPS) is 19.3. The van der Waals surface area contributed by atoms with Gasteiger partial charge in [-0.3, -0.25) is 4.79 Å². The van der Waals surface area contributed by atoms with Crippen LogP contribution in [0.5, 0.6) is 0 Å². The quantitative estimate of drug-likeness (QED) is 0.838. The number of rotatable bonds is 3. The van der Waals surface area contributed by atoms with Crippen molar-refractivity contribution in [1.29, 1.82) is 0 Å². The molecule has 0 aliphatic carbocycles. The van der Waals surface area contributed by atoms with Gasteiger partial charge in [-0.05, 0) is 41.3 Å². The zero-order chi connectivity index (χ0) is 13.1. The maximum Gasteiger partial charge on any atom is 0.263 e. The number of piperidine rings is 1. The molecule has 1 fully saturated rings. The summed E-state index contributed by atoms with van der Waals surface area (Å²) in [7, 11) is 0. The molecule has 0 bridgehead atoms. The number of carbonyl (C=O) groups excluding carboxylic acids is 1. The summed E-state index contributed by atoms with van der Waals surface area (Å²) in [5.41, 5.74) is 0.719. The van der Waals surface area contributed by atoms with Crippen LogP contribution in [0.4, 0.5) is 0 Å². The molecule has 1 saturated heterocycles. The van der Waals surface area contributed by atoms with E-state index in [0.29, 0.717) is 4.88 Å². The van der Waals surface area contributed by atoms with Crippen LogP contribution >= 0.6 is 11.3 Å². The zero-order valence-corrected chi connectivity index (χ0v) is 11.1. The van der Waals surface area contributed by atoms with Crippen LogP contribution in [0.15, 0.2) is 17.8 Å². The Bertz CT molecular complexity index is 545. The van der Waals surface area contributed by atoms with Gasteiger partial charge < -0.3 is 10.6 Å². The molecule has 0 spiro atoms. The van der Waals surface area contributed by atoms with Gasteiger partial charge in [0.05, 0.1) is 5.69 Å². The van der Waals surface area contributed by atoms with E-state index in [-0.39, 0.29) is 11.9 Å². The van der Waals surface area contributed by atoms with E-state index in [1.54, 1.807) is 0 Å². The van der Waals surface area contributed by atoms with E-state index in [1.807, 2.05) is 11.4 Å². The van der Waals surface area contributed by atoms with Gasteiger partial charge in [0.25, 0.3) is 5.91 Å². The molecule has 0 aromatic carbocycles. The van der Waals surface area contributed by atoms with Gasteiger partial charge in [-0.25, -0.2) is 0 Å². The highest BCUT2D eigenvalue weighted by atomic mass is 32.1. The number of amides is 1. The summed E-state index contributed by atoms with van der Waals surface area (Å²) in [5.74, 6) is -0.0609. The first-order valence-electron chi connectivity index (χ1n) is 6.17. The highest BCUT2D eigenvalue weighted by molar-refractivity contribution is 7.12. The van der Waals surface area contributed by atoms with E-state index < -0.39 is 0 Å². The number of aromatic nitrogens is 4. The third-order valence-corrected chi connectivity index (χ3v) is 3.98. The lowest BCUT2D eigenvalue weighted by molar-refractivity contribution is 0.0934. The smallest absolute Gasteiger partial charge is 0.263 e. The molecule has 8 heteroatoms. The molecule has 7 nitrogen and oxygen atoms in total. The lowest BCUT2D eigenvalue weighted by Gasteiger charge is -2.23. The molecule has 2 N–H and O–H groups in total. The molecular weight excluding hydrogens is 264 g/mol. The number of nitrogens with zero attached hydrogens (tertiary/aromatic N) is 4. The van der Waals surface area contributed by atoms with Gasteiger partial charge in [-0.1, -0.05) is 0 Å². The van der Waals surface area contributed by atoms with Crippen LogP contribution < -0.4 is 10.6 Å². The number of carbonyl (C=O) groups is 1. The van der Waals surface area contributed by atoms with Gasteiger partial charge >= 0.3 is 0 Å². The van der Waals surface area contributed by atoms with E-state index in [1.165, 1.54) is 22.3 Å². The summed E-state index contributed by atoms with van der Waals surface area (Å²) < 4.78 is 1.50. The monoisotopic (exact) mass is 278 g/mol. The molecular formula is C11H14N6OS. The summed E-state index contributed by atoms with van der Waals surface area (Å²) in [4.78, 5) is 12.9. The SMILES string of the molecule is O=C(NC1CCCNC1)c1sccc1-n1cnnn1. The van der Waals surface area contributed by atoms with Crippen molar-refractivity contribution in [3.8, 4) is 5.69 Å². The molecule has 1 unspecified atom stereocenters. The highest BCUT2D eigenvalue weighted by Gasteiger charge is 2.20. The van der Waals surface area contributed by atoms with Crippen molar-refractivity contribution in [2.45, 2.75) is 18.9 Å². The van der Waals surface area contributed by atoms with E-state index in [0.717, 1.165) is 31.6 Å². The van der Waals surface area contributed by atoms with Crippen LogP contribution in [-0.4, -0.2) is 45.2 Å². The molecule has 1 atom stereocenters. The Labute approximate surface area is 114 Å². The lowest BCUT2D eigenvalue weighted by atomic mass is 10.1. The topological polar surface area (TPSA) is 84.7 Å². The standard InChI is InChI=1S/C11H14N6OS/c18-11(14-8-2-1-4-12-6-8)10-9(3-5-19-10)17-7-13-15-16-17/h3,5,7-8,12H,1-2,4,6H2,(H,14,18). The summed E-state index contributed by atoms with van der Waals surface area (Å²) >= 11 is 1.40. The molecule has 1 amide bonds. The molecule has 1 aliphatic heterocycles. The fourth-order valence-corrected chi connectivity index (χ4v) is 2.93. The van der Waals surface area contributed by atoms with Crippen LogP contribution in [0.25, 0.3) is 5.69 Å². The third-order valence-electron chi connectivity index (χ3n) is 3.08. The molecule has 1 aliphatic rings. The van der Waals surface area contributed by atoms with E-state index in [9.17, 15) is 4.79 Å². The Morgan fingerprint density at radius 1 is 1.58 bits per heavy atom. The minimum atomic E-state index is -0.0609. The zero-order valence-electron chi connectivity index (χ0n) is 10.2. The minimum Gasteiger partial charge on any atom is -0.347 e. The molecule has 0 radical (unpaired) electrons. The van der Waals surface area contributed by atoms with Crippen LogP contribution in [0.3, 0.4) is 0 Å². The summed E-state index contributed by atoms with van der Waals surface area (Å²) in [5, 5.41) is 19.2. The predicted molar refractivity (Wildman–Crippen MR) is 70.4 cm³/mol. The molecule has 0 saturated carbocycles. The number of hydrogen-bond donors (Lipinski definition) is 2. The highest BCUT2D eigenvalue weighted by Crippen LogP contribution is 2.20. The second kappa shape index (κ2) is 5.45. The van der Waals surface area contributed by atoms with E-state index in [2.05, 4.69) is 26.2 Å². The average Bonchev–Trinajstić information content (AvgIpc) is 3.10. The van der Waals surface area contributed by atoms with Gasteiger partial charge in [0.15, 0.2) is 0 Å². The summed E-state index contributed by atoms with van der Waals surface area (Å²) in [6, 6.07) is 2.04. The number of thiophene rings is 1. The molecule has 3 rings (SSSR count). The number of tetrazole rings is 1. The Balaban J connectivity index is 1.75. The van der Waals surface area contributed by atoms with Crippen molar-refractivity contribution in [3.05, 3.63) is 22.7 Å². The maximum atomic E-state index is 12.3. The summed E-state index contributed by atoms with van der Waals surface area (Å²) in [6.07, 6.45) is 3.60. The summed E-state index contributed by atoms with van der Waals surface area (Å²) in [6.45, 7) is 1.86. The Kier molecular flexibility index (Phi) is 3.51. The van der Waals surface area contributed by atoms with Crippen LogP contribution in [-0.2, 0) is 0 Å². The van der Waals surface area contributed by atoms with Crippen molar-refractivity contribution in [2.24, 2.45) is 0 Å². The molecule has 2 aromatic rings. The van der Waals surface area contributed by atoms with Gasteiger partial charge in [0.1, 0.15) is 11.2 Å². The number of hydrogen-bond acceptors (Lipinski definition) is 6. The molecule has 3 heterocycles. The fourth-order valence-electron chi connectivity index (χ4n) is 2.15. The van der Waals surface area contributed by atoms with E-state index >= 15 is 0 Å². The fraction of sp³-hybridized carbons (Fsp3) is 0.455. The predicted octanol–water partition coefficient (Wildman–Crippen LogP) is 0.206. The largest absolute Gasteiger partial charge is 0.347 e. The first-order valence-corrected chi connectivity index (χ1v) is 7.05. The van der Waals surface area contributed by atoms with Crippen molar-refractivity contribution in [2.75, 3.05) is 13.1 Å². The second-order valence-electron chi connectivity index (χ2n) is 4.41. The average molecular weight is 278 g/mol. The van der Waals surface area contributed by atoms with Crippen molar-refractivity contribution in [3.63, 3.8) is 0 Å². The Morgan fingerprint density at radius 3 is 3.26 bits per heavy atom. The maximum absolute atomic E-state index is 12.3. The van der Waals surface area contributed by atoms with Crippen LogP contribution in [0.1, 0.15) is 22.5 Å². The van der Waals surface area contributed by atoms with Crippen molar-refractivity contribution >= 4 is 17.2 Å². The molecule has 19 heavy (non-hydrogen) atoms. The second-order valence-corrected chi connectivity index (χ2v) is 5.32. The Hall–Kier alpha value is -1.80. The van der Waals surface area contributed by atoms with Crippen LogP contribution in [0.2, 0.25) is 0 Å². The van der Waals surface area contributed by atoms with Crippen molar-refractivity contribution < 1.29 is 4.79 Å². The van der Waals surface area contributed by atoms with Crippen molar-refractivity contribution in [1.82, 2.24) is 30.8 Å². The number of nitrogens with one attached hydrogen (secondary N) is 2. The lowest BCUT2D eigenvalue weighted by Crippen LogP contribution is -2.45. The van der Waals surface area contributed by atoms with Gasteiger partial charge in [0, 0.05) is 12.6 Å². The van der Waals surface area contributed by atoms with Gasteiger partial charge in [0.2, 0.25) is 0 Å². The molecule has 2 aromatic heterocycles. The minimum absolute atomic E-state index is 0.0609. The van der Waals surface area contributed by atoms with Gasteiger partial charge in [-0.2, -0.15) is 4.68 Å². The van der Waals surface area contributed by atoms with Crippen LogP contribution in [0, 0.1) is 0 Å². The van der Waals surface area contributed by atoms with E-state index in [4.69, 9.17) is 0 Å². The molecule has 100 valence electrons. The first kappa shape index (κ1) is 12.2. The first-order chi connectivity index (χ1) is 9.34. The van der Waals surface area contributed by atoms with Gasteiger partial charge in [-0.15, -0.1) is 16.4 Å². The third kappa shape index (κ3) is 2.64.